The van der Waals surface area contributed by atoms with Crippen LogP contribution in [0, 0.1) is 11.6 Å². The van der Waals surface area contributed by atoms with E-state index in [9.17, 15) is 13.6 Å². The highest BCUT2D eigenvalue weighted by Crippen LogP contribution is 2.26. The minimum absolute atomic E-state index is 0.203. The molecule has 0 bridgehead atoms. The van der Waals surface area contributed by atoms with Crippen molar-refractivity contribution in [1.29, 1.82) is 0 Å². The maximum atomic E-state index is 13.7. The van der Waals surface area contributed by atoms with Crippen LogP contribution in [0.5, 0.6) is 0 Å². The number of benzene rings is 1. The van der Waals surface area contributed by atoms with Crippen molar-refractivity contribution in [2.24, 2.45) is 0 Å². The number of allylic oxidation sites excluding steroid dienone is 2. The zero-order valence-corrected chi connectivity index (χ0v) is 9.30. The van der Waals surface area contributed by atoms with Gasteiger partial charge in [-0.1, -0.05) is 6.08 Å². The van der Waals surface area contributed by atoms with Crippen molar-refractivity contribution in [3.63, 3.8) is 0 Å². The van der Waals surface area contributed by atoms with Gasteiger partial charge in [0.25, 0.3) is 0 Å². The Bertz CT molecular complexity index is 494. The molecule has 17 heavy (non-hydrogen) atoms. The second-order valence-corrected chi connectivity index (χ2v) is 4.13. The number of carbonyl (C=O) groups excluding carboxylic acids is 1. The van der Waals surface area contributed by atoms with E-state index in [1.54, 1.807) is 6.08 Å². The molecule has 0 unspecified atom stereocenters. The molecular weight excluding hydrogens is 224 g/mol. The molecule has 2 rings (SSSR count). The number of nitrogen functional groups attached to an aromatic ring is 1. The van der Waals surface area contributed by atoms with Gasteiger partial charge in [0, 0.05) is 0 Å². The van der Waals surface area contributed by atoms with Crippen molar-refractivity contribution in [2.75, 3.05) is 5.73 Å². The summed E-state index contributed by atoms with van der Waals surface area (Å²) in [6.45, 7) is 0. The average Bonchev–Trinajstić information content (AvgIpc) is 2.35. The molecule has 2 nitrogen and oxygen atoms in total. The predicted octanol–water partition coefficient (Wildman–Crippen LogP) is 3.23. The van der Waals surface area contributed by atoms with E-state index in [1.807, 2.05) is 0 Å². The van der Waals surface area contributed by atoms with E-state index in [4.69, 9.17) is 5.73 Å². The monoisotopic (exact) mass is 237 g/mol. The van der Waals surface area contributed by atoms with Gasteiger partial charge < -0.3 is 5.73 Å². The van der Waals surface area contributed by atoms with Gasteiger partial charge in [-0.25, -0.2) is 8.78 Å². The Hall–Kier alpha value is -1.71. The topological polar surface area (TPSA) is 43.1 Å². The summed E-state index contributed by atoms with van der Waals surface area (Å²) in [4.78, 5) is 12.0. The molecule has 0 spiro atoms. The summed E-state index contributed by atoms with van der Waals surface area (Å²) in [5.74, 6) is -2.39. The fourth-order valence-electron chi connectivity index (χ4n) is 1.98. The van der Waals surface area contributed by atoms with Crippen LogP contribution >= 0.6 is 0 Å². The number of hydrogen-bond acceptors (Lipinski definition) is 2. The van der Waals surface area contributed by atoms with E-state index < -0.39 is 23.0 Å². The smallest absolute Gasteiger partial charge is 0.194 e. The molecule has 0 amide bonds. The number of carbonyl (C=O) groups is 1. The van der Waals surface area contributed by atoms with Crippen LogP contribution in [-0.2, 0) is 0 Å². The lowest BCUT2D eigenvalue weighted by atomic mass is 9.92. The summed E-state index contributed by atoms with van der Waals surface area (Å²) < 4.78 is 27.1. The summed E-state index contributed by atoms with van der Waals surface area (Å²) in [7, 11) is 0. The highest BCUT2D eigenvalue weighted by molar-refractivity contribution is 6.09. The van der Waals surface area contributed by atoms with Crippen molar-refractivity contribution in [1.82, 2.24) is 0 Å². The zero-order chi connectivity index (χ0) is 12.4. The normalized spacial score (nSPS) is 15.5. The lowest BCUT2D eigenvalue weighted by Crippen LogP contribution is -2.12. The third kappa shape index (κ3) is 2.20. The van der Waals surface area contributed by atoms with E-state index >= 15 is 0 Å². The Kier molecular flexibility index (Phi) is 3.22. The fraction of sp³-hybridized carbons (Fsp3) is 0.308. The number of Topliss-reactive ketones (excluding diaryl/α,β-unsaturated/α-hetero) is 1. The van der Waals surface area contributed by atoms with Crippen molar-refractivity contribution >= 4 is 11.5 Å². The summed E-state index contributed by atoms with van der Waals surface area (Å²) in [5.41, 5.74) is 5.10. The van der Waals surface area contributed by atoms with Crippen molar-refractivity contribution in [2.45, 2.75) is 25.7 Å². The second kappa shape index (κ2) is 4.65. The number of hydrogen-bond donors (Lipinski definition) is 1. The largest absolute Gasteiger partial charge is 0.396 e. The first-order valence-corrected chi connectivity index (χ1v) is 5.58. The molecule has 2 N–H and O–H groups in total. The number of nitrogens with two attached hydrogens (primary N) is 1. The first kappa shape index (κ1) is 11.8. The first-order valence-electron chi connectivity index (χ1n) is 5.58. The van der Waals surface area contributed by atoms with Crippen molar-refractivity contribution in [3.8, 4) is 0 Å². The standard InChI is InChI=1S/C13H13F2NO/c14-9-6-7-10(16)12(15)11(9)13(17)8-4-2-1-3-5-8/h4,6-7H,1-3,5,16H2. The van der Waals surface area contributed by atoms with Gasteiger partial charge in [0.1, 0.15) is 5.82 Å². The van der Waals surface area contributed by atoms with Crippen LogP contribution in [0.25, 0.3) is 0 Å². The minimum atomic E-state index is -0.957. The van der Waals surface area contributed by atoms with Gasteiger partial charge in [-0.3, -0.25) is 4.79 Å². The molecule has 1 aliphatic carbocycles. The Morgan fingerprint density at radius 2 is 2.00 bits per heavy atom. The molecule has 0 aliphatic heterocycles. The van der Waals surface area contributed by atoms with Gasteiger partial charge in [0.05, 0.1) is 11.3 Å². The van der Waals surface area contributed by atoms with Gasteiger partial charge in [0.2, 0.25) is 0 Å². The second-order valence-electron chi connectivity index (χ2n) is 4.13. The quantitative estimate of drug-likeness (QED) is 0.634. The van der Waals surface area contributed by atoms with Crippen LogP contribution < -0.4 is 5.73 Å². The summed E-state index contributed by atoms with van der Waals surface area (Å²) in [5, 5.41) is 0. The molecule has 0 saturated heterocycles. The van der Waals surface area contributed by atoms with Gasteiger partial charge in [-0.15, -0.1) is 0 Å². The van der Waals surface area contributed by atoms with Crippen LogP contribution in [0.4, 0.5) is 14.5 Å². The van der Waals surface area contributed by atoms with Crippen LogP contribution in [0.3, 0.4) is 0 Å². The number of rotatable bonds is 2. The van der Waals surface area contributed by atoms with E-state index in [-0.39, 0.29) is 5.69 Å². The number of halogens is 2. The maximum absolute atomic E-state index is 13.7. The minimum Gasteiger partial charge on any atom is -0.396 e. The fourth-order valence-corrected chi connectivity index (χ4v) is 1.98. The molecule has 4 heteroatoms. The molecule has 1 aliphatic rings. The van der Waals surface area contributed by atoms with E-state index in [1.165, 1.54) is 0 Å². The summed E-state index contributed by atoms with van der Waals surface area (Å²) in [6.07, 6.45) is 5.01. The molecule has 0 saturated carbocycles. The highest BCUT2D eigenvalue weighted by Gasteiger charge is 2.23. The van der Waals surface area contributed by atoms with E-state index in [0.29, 0.717) is 12.0 Å². The van der Waals surface area contributed by atoms with Crippen LogP contribution in [-0.4, -0.2) is 5.78 Å². The number of ketones is 1. The van der Waals surface area contributed by atoms with Gasteiger partial charge in [-0.2, -0.15) is 0 Å². The summed E-state index contributed by atoms with van der Waals surface area (Å²) in [6, 6.07) is 2.14. The Balaban J connectivity index is 2.43. The Labute approximate surface area is 98.1 Å². The van der Waals surface area contributed by atoms with Crippen LogP contribution in [0.1, 0.15) is 36.0 Å². The van der Waals surface area contributed by atoms with E-state index in [0.717, 1.165) is 31.4 Å². The molecule has 0 aromatic heterocycles. The third-order valence-electron chi connectivity index (χ3n) is 2.93. The zero-order valence-electron chi connectivity index (χ0n) is 9.30. The molecule has 0 atom stereocenters. The van der Waals surface area contributed by atoms with Crippen molar-refractivity contribution < 1.29 is 13.6 Å². The lowest BCUT2D eigenvalue weighted by molar-refractivity contribution is 0.102. The molecule has 1 aromatic carbocycles. The first-order chi connectivity index (χ1) is 8.11. The lowest BCUT2D eigenvalue weighted by Gasteiger charge is -2.13. The van der Waals surface area contributed by atoms with Gasteiger partial charge in [-0.05, 0) is 43.4 Å². The molecule has 0 heterocycles. The molecule has 0 radical (unpaired) electrons. The molecule has 1 aromatic rings. The molecule has 90 valence electrons. The average molecular weight is 237 g/mol. The molecular formula is C13H13F2NO. The highest BCUT2D eigenvalue weighted by atomic mass is 19.1. The maximum Gasteiger partial charge on any atom is 0.194 e. The molecule has 0 fully saturated rings. The summed E-state index contributed by atoms with van der Waals surface area (Å²) >= 11 is 0. The predicted molar refractivity (Wildman–Crippen MR) is 61.7 cm³/mol. The van der Waals surface area contributed by atoms with Crippen LogP contribution in [0.2, 0.25) is 0 Å². The SMILES string of the molecule is Nc1ccc(F)c(C(=O)C2=CCCCC2)c1F. The van der Waals surface area contributed by atoms with Gasteiger partial charge in [0.15, 0.2) is 11.6 Å². The third-order valence-corrected chi connectivity index (χ3v) is 2.93. The van der Waals surface area contributed by atoms with Crippen LogP contribution in [0.15, 0.2) is 23.8 Å². The number of anilines is 1. The Morgan fingerprint density at radius 1 is 1.24 bits per heavy atom. The van der Waals surface area contributed by atoms with Gasteiger partial charge >= 0.3 is 0 Å². The van der Waals surface area contributed by atoms with E-state index in [2.05, 4.69) is 0 Å². The Morgan fingerprint density at radius 3 is 2.65 bits per heavy atom. The van der Waals surface area contributed by atoms with Crippen molar-refractivity contribution in [3.05, 3.63) is 41.0 Å².